The molecule has 0 bridgehead atoms. The number of amidine groups is 1. The predicted octanol–water partition coefficient (Wildman–Crippen LogP) is 3.61. The fraction of sp³-hybridized carbons (Fsp3) is 0.211. The zero-order chi connectivity index (χ0) is 20.1. The van der Waals surface area contributed by atoms with E-state index in [0.717, 1.165) is 0 Å². The summed E-state index contributed by atoms with van der Waals surface area (Å²) in [6.07, 6.45) is 0.0539. The smallest absolute Gasteiger partial charge is 0.238 e. The third-order valence-electron chi connectivity index (χ3n) is 3.88. The summed E-state index contributed by atoms with van der Waals surface area (Å²) < 4.78 is 10.4. The summed E-state index contributed by atoms with van der Waals surface area (Å²) in [4.78, 5) is 29.1. The maximum absolute atomic E-state index is 12.6. The Hall–Kier alpha value is -2.71. The molecule has 1 atom stereocenters. The van der Waals surface area contributed by atoms with Gasteiger partial charge in [-0.3, -0.25) is 9.59 Å². The first-order chi connectivity index (χ1) is 13.5. The molecule has 0 spiro atoms. The summed E-state index contributed by atoms with van der Waals surface area (Å²) in [6, 6.07) is 11.9. The van der Waals surface area contributed by atoms with Crippen molar-refractivity contribution in [2.75, 3.05) is 19.5 Å². The van der Waals surface area contributed by atoms with Crippen molar-refractivity contribution in [1.29, 1.82) is 0 Å². The van der Waals surface area contributed by atoms with E-state index in [0.29, 0.717) is 33.1 Å². The standard InChI is InChI=1S/C19H18ClN3O4S/c1-26-13-6-4-12(5-7-13)21-18(25)16-10-17(24)23-19(28-16)22-14-9-11(20)3-8-15(14)27-2/h3-9,16H,10H2,1-2H3,(H,21,25)(H,22,23,24)/t16-/m1/s1. The largest absolute Gasteiger partial charge is 0.497 e. The average Bonchev–Trinajstić information content (AvgIpc) is 2.68. The van der Waals surface area contributed by atoms with Crippen LogP contribution in [-0.4, -0.2) is 36.5 Å². The minimum Gasteiger partial charge on any atom is -0.497 e. The molecule has 2 aromatic carbocycles. The van der Waals surface area contributed by atoms with E-state index >= 15 is 0 Å². The minimum absolute atomic E-state index is 0.0539. The number of hydrogen-bond donors (Lipinski definition) is 2. The first-order valence-electron chi connectivity index (χ1n) is 8.32. The Morgan fingerprint density at radius 1 is 1.21 bits per heavy atom. The number of thioether (sulfide) groups is 1. The van der Waals surface area contributed by atoms with Gasteiger partial charge >= 0.3 is 0 Å². The van der Waals surface area contributed by atoms with E-state index in [2.05, 4.69) is 15.6 Å². The van der Waals surface area contributed by atoms with Gasteiger partial charge in [-0.15, -0.1) is 0 Å². The molecule has 28 heavy (non-hydrogen) atoms. The molecule has 1 aliphatic rings. The number of carbonyl (C=O) groups excluding carboxylic acids is 2. The van der Waals surface area contributed by atoms with E-state index in [1.165, 1.54) is 18.9 Å². The molecule has 0 unspecified atom stereocenters. The molecule has 7 nitrogen and oxygen atoms in total. The molecule has 1 fully saturated rings. The van der Waals surface area contributed by atoms with Crippen molar-refractivity contribution in [1.82, 2.24) is 5.32 Å². The van der Waals surface area contributed by atoms with Gasteiger partial charge in [-0.25, -0.2) is 4.99 Å². The lowest BCUT2D eigenvalue weighted by molar-refractivity contribution is -0.123. The summed E-state index contributed by atoms with van der Waals surface area (Å²) in [5.41, 5.74) is 1.08. The van der Waals surface area contributed by atoms with Crippen molar-refractivity contribution in [3.05, 3.63) is 47.5 Å². The zero-order valence-corrected chi connectivity index (χ0v) is 16.8. The molecule has 2 aromatic rings. The van der Waals surface area contributed by atoms with Gasteiger partial charge in [0, 0.05) is 17.1 Å². The second-order valence-electron chi connectivity index (χ2n) is 5.81. The van der Waals surface area contributed by atoms with Gasteiger partial charge in [0.1, 0.15) is 22.4 Å². The summed E-state index contributed by atoms with van der Waals surface area (Å²) in [5, 5.41) is 5.67. The highest BCUT2D eigenvalue weighted by atomic mass is 35.5. The zero-order valence-electron chi connectivity index (χ0n) is 15.2. The quantitative estimate of drug-likeness (QED) is 0.772. The molecular formula is C19H18ClN3O4S. The van der Waals surface area contributed by atoms with E-state index in [1.54, 1.807) is 49.6 Å². The third kappa shape index (κ3) is 4.96. The highest BCUT2D eigenvalue weighted by molar-refractivity contribution is 8.15. The molecule has 0 radical (unpaired) electrons. The number of aliphatic imine (C=N–C) groups is 1. The van der Waals surface area contributed by atoms with Crippen LogP contribution in [0.3, 0.4) is 0 Å². The normalized spacial score (nSPS) is 17.8. The number of ether oxygens (including phenoxy) is 2. The second kappa shape index (κ2) is 8.99. The predicted molar refractivity (Wildman–Crippen MR) is 111 cm³/mol. The van der Waals surface area contributed by atoms with Crippen LogP contribution < -0.4 is 20.1 Å². The number of rotatable bonds is 5. The summed E-state index contributed by atoms with van der Waals surface area (Å²) in [7, 11) is 3.09. The van der Waals surface area contributed by atoms with Crippen LogP contribution in [0.4, 0.5) is 11.4 Å². The molecule has 0 saturated carbocycles. The highest BCUT2D eigenvalue weighted by Crippen LogP contribution is 2.32. The van der Waals surface area contributed by atoms with Gasteiger partial charge in [0.2, 0.25) is 11.8 Å². The lowest BCUT2D eigenvalue weighted by Gasteiger charge is -2.22. The molecule has 1 saturated heterocycles. The number of methoxy groups -OCH3 is 2. The number of nitrogens with one attached hydrogen (secondary N) is 2. The van der Waals surface area contributed by atoms with Crippen molar-refractivity contribution in [3.63, 3.8) is 0 Å². The van der Waals surface area contributed by atoms with E-state index in [1.807, 2.05) is 0 Å². The minimum atomic E-state index is -0.611. The Balaban J connectivity index is 1.75. The van der Waals surface area contributed by atoms with Crippen LogP contribution in [0.15, 0.2) is 47.5 Å². The SMILES string of the molecule is COc1ccc(NC(=O)[C@H]2CC(=O)NC(=Nc3cc(Cl)ccc3OC)S2)cc1. The van der Waals surface area contributed by atoms with Crippen LogP contribution in [0, 0.1) is 0 Å². The van der Waals surface area contributed by atoms with Crippen molar-refractivity contribution >= 4 is 51.7 Å². The lowest BCUT2D eigenvalue weighted by Crippen LogP contribution is -2.41. The summed E-state index contributed by atoms with van der Waals surface area (Å²) >= 11 is 7.19. The van der Waals surface area contributed by atoms with E-state index < -0.39 is 5.25 Å². The molecule has 0 aromatic heterocycles. The Bertz CT molecular complexity index is 918. The molecule has 3 rings (SSSR count). The fourth-order valence-electron chi connectivity index (χ4n) is 2.50. The fourth-order valence-corrected chi connectivity index (χ4v) is 3.66. The van der Waals surface area contributed by atoms with Gasteiger partial charge in [-0.1, -0.05) is 23.4 Å². The molecule has 1 aliphatic heterocycles. The molecule has 2 amide bonds. The Morgan fingerprint density at radius 2 is 1.96 bits per heavy atom. The molecule has 1 heterocycles. The number of hydrogen-bond acceptors (Lipinski definition) is 6. The monoisotopic (exact) mass is 419 g/mol. The number of benzene rings is 2. The maximum Gasteiger partial charge on any atom is 0.238 e. The van der Waals surface area contributed by atoms with Crippen LogP contribution in [0.2, 0.25) is 5.02 Å². The average molecular weight is 420 g/mol. The summed E-state index contributed by atoms with van der Waals surface area (Å²) in [5.74, 6) is 0.634. The lowest BCUT2D eigenvalue weighted by atomic mass is 10.2. The molecule has 0 aliphatic carbocycles. The van der Waals surface area contributed by atoms with Gasteiger partial charge < -0.3 is 20.1 Å². The number of nitrogens with zero attached hydrogens (tertiary/aromatic N) is 1. The topological polar surface area (TPSA) is 89.0 Å². The van der Waals surface area contributed by atoms with Gasteiger partial charge in [0.05, 0.1) is 14.2 Å². The van der Waals surface area contributed by atoms with Crippen LogP contribution >= 0.6 is 23.4 Å². The second-order valence-corrected chi connectivity index (χ2v) is 7.44. The first-order valence-corrected chi connectivity index (χ1v) is 9.58. The van der Waals surface area contributed by atoms with Gasteiger partial charge in [0.15, 0.2) is 5.17 Å². The van der Waals surface area contributed by atoms with Crippen LogP contribution in [0.1, 0.15) is 6.42 Å². The van der Waals surface area contributed by atoms with E-state index in [4.69, 9.17) is 21.1 Å². The Morgan fingerprint density at radius 3 is 2.64 bits per heavy atom. The van der Waals surface area contributed by atoms with Crippen molar-refractivity contribution in [2.45, 2.75) is 11.7 Å². The molecular weight excluding hydrogens is 402 g/mol. The van der Waals surface area contributed by atoms with Gasteiger partial charge in [0.25, 0.3) is 0 Å². The Kier molecular flexibility index (Phi) is 6.43. The van der Waals surface area contributed by atoms with Crippen molar-refractivity contribution < 1.29 is 19.1 Å². The highest BCUT2D eigenvalue weighted by Gasteiger charge is 2.30. The number of anilines is 1. The van der Waals surface area contributed by atoms with Crippen LogP contribution in [-0.2, 0) is 9.59 Å². The maximum atomic E-state index is 12.6. The Labute approximate surface area is 171 Å². The van der Waals surface area contributed by atoms with Gasteiger partial charge in [-0.2, -0.15) is 0 Å². The number of carbonyl (C=O) groups is 2. The molecule has 2 N–H and O–H groups in total. The van der Waals surface area contributed by atoms with E-state index in [9.17, 15) is 9.59 Å². The third-order valence-corrected chi connectivity index (χ3v) is 5.20. The molecule has 9 heteroatoms. The first kappa shape index (κ1) is 20.0. The van der Waals surface area contributed by atoms with Crippen LogP contribution in [0.5, 0.6) is 11.5 Å². The van der Waals surface area contributed by atoms with Crippen LogP contribution in [0.25, 0.3) is 0 Å². The summed E-state index contributed by atoms with van der Waals surface area (Å²) in [6.45, 7) is 0. The number of halogens is 1. The van der Waals surface area contributed by atoms with Gasteiger partial charge in [-0.05, 0) is 42.5 Å². The van der Waals surface area contributed by atoms with Crippen molar-refractivity contribution in [3.8, 4) is 11.5 Å². The molecule has 146 valence electrons. The van der Waals surface area contributed by atoms with E-state index in [-0.39, 0.29) is 18.2 Å². The van der Waals surface area contributed by atoms with Crippen molar-refractivity contribution in [2.24, 2.45) is 4.99 Å². The number of amides is 2.